The van der Waals surface area contributed by atoms with Gasteiger partial charge in [0.1, 0.15) is 5.82 Å². The third-order valence-electron chi connectivity index (χ3n) is 1.86. The lowest BCUT2D eigenvalue weighted by molar-refractivity contribution is 0.0691. The van der Waals surface area contributed by atoms with Gasteiger partial charge in [0, 0.05) is 5.02 Å². The molecule has 0 saturated heterocycles. The van der Waals surface area contributed by atoms with Gasteiger partial charge < -0.3 is 5.11 Å². The van der Waals surface area contributed by atoms with E-state index in [2.05, 4.69) is 0 Å². The molecule has 1 aromatic carbocycles. The lowest BCUT2D eigenvalue weighted by Gasteiger charge is -2.06. The third-order valence-corrected chi connectivity index (χ3v) is 2.25. The van der Waals surface area contributed by atoms with Crippen LogP contribution in [0.2, 0.25) is 5.02 Å². The molecule has 0 amide bonds. The normalized spacial score (nSPS) is 10.2. The van der Waals surface area contributed by atoms with E-state index in [1.807, 2.05) is 0 Å². The van der Waals surface area contributed by atoms with Crippen LogP contribution in [0.15, 0.2) is 6.07 Å². The lowest BCUT2D eigenvalue weighted by atomic mass is 10.0. The molecule has 0 aliphatic carbocycles. The predicted octanol–water partition coefficient (Wildman–Crippen LogP) is 2.79. The van der Waals surface area contributed by atoms with Gasteiger partial charge in [-0.05, 0) is 31.0 Å². The van der Waals surface area contributed by atoms with E-state index in [1.54, 1.807) is 0 Å². The Kier molecular flexibility index (Phi) is 2.57. The van der Waals surface area contributed by atoms with E-state index in [9.17, 15) is 9.18 Å². The second-order valence-corrected chi connectivity index (χ2v) is 3.20. The average molecular weight is 203 g/mol. The molecule has 0 heterocycles. The monoisotopic (exact) mass is 202 g/mol. The Morgan fingerprint density at radius 3 is 2.54 bits per heavy atom. The maximum Gasteiger partial charge on any atom is 0.339 e. The van der Waals surface area contributed by atoms with Gasteiger partial charge in [-0.1, -0.05) is 11.6 Å². The van der Waals surface area contributed by atoms with Gasteiger partial charge >= 0.3 is 5.97 Å². The van der Waals surface area contributed by atoms with Gasteiger partial charge in [-0.3, -0.25) is 0 Å². The van der Waals surface area contributed by atoms with Gasteiger partial charge in [0.05, 0.1) is 5.56 Å². The van der Waals surface area contributed by atoms with E-state index in [-0.39, 0.29) is 21.7 Å². The fraction of sp³-hybridized carbons (Fsp3) is 0.222. The molecule has 4 heteroatoms. The van der Waals surface area contributed by atoms with Crippen molar-refractivity contribution in [1.29, 1.82) is 0 Å². The van der Waals surface area contributed by atoms with Gasteiger partial charge in [0.25, 0.3) is 0 Å². The molecule has 0 atom stereocenters. The molecule has 0 radical (unpaired) electrons. The number of halogens is 2. The second kappa shape index (κ2) is 3.34. The first-order valence-corrected chi connectivity index (χ1v) is 4.01. The zero-order chi connectivity index (χ0) is 10.2. The van der Waals surface area contributed by atoms with Crippen molar-refractivity contribution in [2.24, 2.45) is 0 Å². The molecule has 1 rings (SSSR count). The minimum atomic E-state index is -1.29. The molecule has 0 aliphatic heterocycles. The van der Waals surface area contributed by atoms with Crippen LogP contribution in [0.5, 0.6) is 0 Å². The van der Waals surface area contributed by atoms with Crippen LogP contribution in [0.3, 0.4) is 0 Å². The fourth-order valence-corrected chi connectivity index (χ4v) is 1.36. The summed E-state index contributed by atoms with van der Waals surface area (Å²) in [5.41, 5.74) is 0.162. The summed E-state index contributed by atoms with van der Waals surface area (Å²) in [6.07, 6.45) is 0. The number of benzene rings is 1. The number of hydrogen-bond donors (Lipinski definition) is 1. The Morgan fingerprint density at radius 2 is 2.08 bits per heavy atom. The van der Waals surface area contributed by atoms with Crippen LogP contribution in [0.4, 0.5) is 4.39 Å². The molecule has 1 N–H and O–H groups in total. The highest BCUT2D eigenvalue weighted by Crippen LogP contribution is 2.24. The molecule has 1 aromatic rings. The van der Waals surface area contributed by atoms with E-state index in [1.165, 1.54) is 19.9 Å². The maximum atomic E-state index is 13.3. The van der Waals surface area contributed by atoms with Crippen molar-refractivity contribution in [3.05, 3.63) is 33.6 Å². The molecule has 0 bridgehead atoms. The lowest BCUT2D eigenvalue weighted by Crippen LogP contribution is -2.05. The van der Waals surface area contributed by atoms with Gasteiger partial charge in [0.2, 0.25) is 0 Å². The van der Waals surface area contributed by atoms with Crippen LogP contribution in [0.25, 0.3) is 0 Å². The highest BCUT2D eigenvalue weighted by molar-refractivity contribution is 6.31. The summed E-state index contributed by atoms with van der Waals surface area (Å²) in [5.74, 6) is -2.00. The minimum Gasteiger partial charge on any atom is -0.478 e. The first kappa shape index (κ1) is 9.99. The van der Waals surface area contributed by atoms with Gasteiger partial charge in [-0.2, -0.15) is 0 Å². The van der Waals surface area contributed by atoms with Crippen LogP contribution in [-0.2, 0) is 0 Å². The molecule has 0 unspecified atom stereocenters. The SMILES string of the molecule is Cc1cc(Cl)c(C)c(C(=O)O)c1F. The number of carboxylic acid groups (broad SMARTS) is 1. The largest absolute Gasteiger partial charge is 0.478 e. The van der Waals surface area contributed by atoms with Crippen molar-refractivity contribution in [1.82, 2.24) is 0 Å². The van der Waals surface area contributed by atoms with Crippen molar-refractivity contribution < 1.29 is 14.3 Å². The highest BCUT2D eigenvalue weighted by atomic mass is 35.5. The van der Waals surface area contributed by atoms with E-state index in [0.717, 1.165) is 0 Å². The quantitative estimate of drug-likeness (QED) is 0.761. The van der Waals surface area contributed by atoms with Crippen molar-refractivity contribution in [3.63, 3.8) is 0 Å². The van der Waals surface area contributed by atoms with Gasteiger partial charge in [0.15, 0.2) is 0 Å². The molecule has 0 aromatic heterocycles. The standard InChI is InChI=1S/C9H8ClFO2/c1-4-3-6(10)5(2)7(8(4)11)9(12)13/h3H,1-2H3,(H,12,13). The molecule has 0 aliphatic rings. The topological polar surface area (TPSA) is 37.3 Å². The van der Waals surface area contributed by atoms with Crippen molar-refractivity contribution in [2.75, 3.05) is 0 Å². The summed E-state index contributed by atoms with van der Waals surface area (Å²) in [6.45, 7) is 2.96. The number of aryl methyl sites for hydroxylation is 1. The summed E-state index contributed by atoms with van der Waals surface area (Å²) in [4.78, 5) is 10.6. The van der Waals surface area contributed by atoms with E-state index in [0.29, 0.717) is 0 Å². The molecule has 0 fully saturated rings. The average Bonchev–Trinajstić information content (AvgIpc) is 2.01. The highest BCUT2D eigenvalue weighted by Gasteiger charge is 2.17. The Morgan fingerprint density at radius 1 is 1.54 bits per heavy atom. The number of hydrogen-bond acceptors (Lipinski definition) is 1. The first-order valence-electron chi connectivity index (χ1n) is 3.63. The molecular weight excluding hydrogens is 195 g/mol. The minimum absolute atomic E-state index is 0.244. The van der Waals surface area contributed by atoms with Crippen molar-refractivity contribution in [2.45, 2.75) is 13.8 Å². The van der Waals surface area contributed by atoms with Crippen LogP contribution < -0.4 is 0 Å². The molecule has 13 heavy (non-hydrogen) atoms. The Hall–Kier alpha value is -1.09. The van der Waals surface area contributed by atoms with Gasteiger partial charge in [-0.15, -0.1) is 0 Å². The summed E-state index contributed by atoms with van der Waals surface area (Å²) in [6, 6.07) is 1.42. The van der Waals surface area contributed by atoms with Crippen molar-refractivity contribution >= 4 is 17.6 Å². The van der Waals surface area contributed by atoms with Crippen LogP contribution in [-0.4, -0.2) is 11.1 Å². The zero-order valence-electron chi connectivity index (χ0n) is 7.19. The van der Waals surface area contributed by atoms with Gasteiger partial charge in [-0.25, -0.2) is 9.18 Å². The van der Waals surface area contributed by atoms with E-state index in [4.69, 9.17) is 16.7 Å². The Bertz CT molecular complexity index is 348. The summed E-state index contributed by atoms with van der Waals surface area (Å²) >= 11 is 5.71. The Labute approximate surface area is 80.0 Å². The van der Waals surface area contributed by atoms with E-state index >= 15 is 0 Å². The fourth-order valence-electron chi connectivity index (χ4n) is 1.10. The summed E-state index contributed by atoms with van der Waals surface area (Å²) < 4.78 is 13.3. The van der Waals surface area contributed by atoms with Crippen LogP contribution in [0, 0.1) is 19.7 Å². The first-order chi connectivity index (χ1) is 5.95. The number of carbonyl (C=O) groups is 1. The Balaban J connectivity index is 3.56. The molecule has 2 nitrogen and oxygen atoms in total. The number of carboxylic acids is 1. The predicted molar refractivity (Wildman–Crippen MR) is 47.8 cm³/mol. The maximum absolute atomic E-state index is 13.3. The second-order valence-electron chi connectivity index (χ2n) is 2.79. The number of aromatic carboxylic acids is 1. The smallest absolute Gasteiger partial charge is 0.339 e. The zero-order valence-corrected chi connectivity index (χ0v) is 7.94. The third kappa shape index (κ3) is 1.65. The molecule has 0 spiro atoms. The molecular formula is C9H8ClFO2. The summed E-state index contributed by atoms with van der Waals surface area (Å²) in [7, 11) is 0. The van der Waals surface area contributed by atoms with E-state index < -0.39 is 11.8 Å². The van der Waals surface area contributed by atoms with Crippen LogP contribution in [0.1, 0.15) is 21.5 Å². The van der Waals surface area contributed by atoms with Crippen LogP contribution >= 0.6 is 11.6 Å². The molecule has 70 valence electrons. The summed E-state index contributed by atoms with van der Waals surface area (Å²) in [5, 5.41) is 8.97. The number of rotatable bonds is 1. The van der Waals surface area contributed by atoms with Crippen molar-refractivity contribution in [3.8, 4) is 0 Å². The molecule has 0 saturated carbocycles.